The fourth-order valence-electron chi connectivity index (χ4n) is 4.51. The molecule has 2 fully saturated rings. The molecule has 1 aliphatic heterocycles. The third kappa shape index (κ3) is 5.49. The van der Waals surface area contributed by atoms with Gasteiger partial charge in [-0.1, -0.05) is 0 Å². The second kappa shape index (κ2) is 9.60. The molecule has 2 aliphatic rings. The molecule has 9 heteroatoms. The lowest BCUT2D eigenvalue weighted by Gasteiger charge is -2.37. The highest BCUT2D eigenvalue weighted by Crippen LogP contribution is 2.33. The topological polar surface area (TPSA) is 69.7 Å². The number of carbonyl (C=O) groups excluding carboxylic acids is 1. The molecule has 0 spiro atoms. The van der Waals surface area contributed by atoms with E-state index in [9.17, 15) is 22.0 Å². The molecule has 0 unspecified atom stereocenters. The molecule has 1 heterocycles. The number of hydrogen-bond acceptors (Lipinski definition) is 3. The van der Waals surface area contributed by atoms with Gasteiger partial charge in [0.2, 0.25) is 10.0 Å². The molecule has 1 saturated heterocycles. The van der Waals surface area contributed by atoms with Crippen molar-refractivity contribution < 1.29 is 22.0 Å². The van der Waals surface area contributed by atoms with E-state index in [4.69, 9.17) is 0 Å². The van der Waals surface area contributed by atoms with Gasteiger partial charge in [0.25, 0.3) is 0 Å². The SMILES string of the molecule is CCS(=O)(=O)N1CCC(N(C)C(=O)N[C@H]2CC[C@H](c3cc(F)cc(F)c3)CC2)CC1. The molecule has 0 bridgehead atoms. The van der Waals surface area contributed by atoms with Crippen LogP contribution in [0.4, 0.5) is 13.6 Å². The number of carbonyl (C=O) groups is 1. The number of nitrogens with one attached hydrogen (secondary N) is 1. The Morgan fingerprint density at radius 2 is 1.63 bits per heavy atom. The lowest BCUT2D eigenvalue weighted by atomic mass is 9.81. The van der Waals surface area contributed by atoms with E-state index in [1.165, 1.54) is 16.4 Å². The van der Waals surface area contributed by atoms with Gasteiger partial charge in [0.15, 0.2) is 0 Å². The molecule has 1 saturated carbocycles. The van der Waals surface area contributed by atoms with Gasteiger partial charge in [-0.25, -0.2) is 26.3 Å². The molecule has 6 nitrogen and oxygen atoms in total. The fraction of sp³-hybridized carbons (Fsp3) is 0.667. The van der Waals surface area contributed by atoms with Gasteiger partial charge in [0, 0.05) is 38.3 Å². The Kier molecular flexibility index (Phi) is 7.34. The number of nitrogens with zero attached hydrogens (tertiary/aromatic N) is 2. The van der Waals surface area contributed by atoms with Gasteiger partial charge in [0.05, 0.1) is 5.75 Å². The minimum absolute atomic E-state index is 0.0138. The van der Waals surface area contributed by atoms with Crippen molar-refractivity contribution in [2.75, 3.05) is 25.9 Å². The van der Waals surface area contributed by atoms with Gasteiger partial charge < -0.3 is 10.2 Å². The van der Waals surface area contributed by atoms with E-state index in [1.807, 2.05) is 0 Å². The van der Waals surface area contributed by atoms with Gasteiger partial charge >= 0.3 is 6.03 Å². The van der Waals surface area contributed by atoms with Gasteiger partial charge in [-0.05, 0) is 69.1 Å². The molecule has 0 atom stereocenters. The molecule has 168 valence electrons. The predicted octanol–water partition coefficient (Wildman–Crippen LogP) is 3.45. The molecular formula is C21H31F2N3O3S. The monoisotopic (exact) mass is 443 g/mol. The molecule has 1 aliphatic carbocycles. The maximum atomic E-state index is 13.5. The second-order valence-corrected chi connectivity index (χ2v) is 10.6. The third-order valence-corrected chi connectivity index (χ3v) is 8.34. The van der Waals surface area contributed by atoms with Crippen molar-refractivity contribution in [2.24, 2.45) is 0 Å². The number of amides is 2. The third-order valence-electron chi connectivity index (χ3n) is 6.46. The summed E-state index contributed by atoms with van der Waals surface area (Å²) in [7, 11) is -1.42. The lowest BCUT2D eigenvalue weighted by Crippen LogP contribution is -2.52. The maximum Gasteiger partial charge on any atom is 0.317 e. The first-order valence-electron chi connectivity index (χ1n) is 10.7. The van der Waals surface area contributed by atoms with Gasteiger partial charge in [-0.15, -0.1) is 0 Å². The van der Waals surface area contributed by atoms with Crippen molar-refractivity contribution in [3.63, 3.8) is 0 Å². The molecular weight excluding hydrogens is 412 g/mol. The van der Waals surface area contributed by atoms with Gasteiger partial charge in [-0.2, -0.15) is 0 Å². The van der Waals surface area contributed by atoms with E-state index in [1.54, 1.807) is 18.9 Å². The summed E-state index contributed by atoms with van der Waals surface area (Å²) in [5, 5.41) is 3.07. The fourth-order valence-corrected chi connectivity index (χ4v) is 5.65. The molecule has 1 N–H and O–H groups in total. The molecule has 3 rings (SSSR count). The molecule has 1 aromatic rings. The summed E-state index contributed by atoms with van der Waals surface area (Å²) in [4.78, 5) is 14.4. The van der Waals surface area contributed by atoms with Crippen molar-refractivity contribution in [3.8, 4) is 0 Å². The zero-order valence-corrected chi connectivity index (χ0v) is 18.4. The van der Waals surface area contributed by atoms with E-state index in [2.05, 4.69) is 5.32 Å². The average molecular weight is 444 g/mol. The quantitative estimate of drug-likeness (QED) is 0.758. The zero-order valence-electron chi connectivity index (χ0n) is 17.6. The summed E-state index contributed by atoms with van der Waals surface area (Å²) in [5.74, 6) is -0.913. The van der Waals surface area contributed by atoms with Crippen LogP contribution in [0.2, 0.25) is 0 Å². The van der Waals surface area contributed by atoms with Crippen LogP contribution in [0.15, 0.2) is 18.2 Å². The lowest BCUT2D eigenvalue weighted by molar-refractivity contribution is 0.157. The smallest absolute Gasteiger partial charge is 0.317 e. The summed E-state index contributed by atoms with van der Waals surface area (Å²) >= 11 is 0. The second-order valence-electron chi connectivity index (χ2n) is 8.34. The standard InChI is InChI=1S/C21H31F2N3O3S/c1-3-30(28,29)26-10-8-20(9-11-26)25(2)21(27)24-19-6-4-15(5-7-19)16-12-17(22)14-18(23)13-16/h12-15,19-20H,3-11H2,1-2H3,(H,24,27)/t15-,19-. The van der Waals surface area contributed by atoms with Gasteiger partial charge in [-0.3, -0.25) is 0 Å². The highest BCUT2D eigenvalue weighted by Gasteiger charge is 2.31. The van der Waals surface area contributed by atoms with Crippen LogP contribution in [0, 0.1) is 11.6 Å². The molecule has 0 radical (unpaired) electrons. The number of urea groups is 1. The minimum atomic E-state index is -3.18. The van der Waals surface area contributed by atoms with E-state index in [0.717, 1.165) is 31.7 Å². The van der Waals surface area contributed by atoms with Crippen molar-refractivity contribution >= 4 is 16.1 Å². The summed E-state index contributed by atoms with van der Waals surface area (Å²) in [5.41, 5.74) is 0.684. The first kappa shape index (κ1) is 22.9. The molecule has 0 aromatic heterocycles. The summed E-state index contributed by atoms with van der Waals surface area (Å²) < 4.78 is 52.4. The van der Waals surface area contributed by atoms with E-state index < -0.39 is 21.7 Å². The van der Waals surface area contributed by atoms with Crippen molar-refractivity contribution in [2.45, 2.75) is 63.5 Å². The first-order chi connectivity index (χ1) is 14.2. The molecule has 2 amide bonds. The Morgan fingerprint density at radius 3 is 2.17 bits per heavy atom. The highest BCUT2D eigenvalue weighted by molar-refractivity contribution is 7.89. The Balaban J connectivity index is 1.46. The number of piperidine rings is 1. The Bertz CT molecular complexity index is 829. The van der Waals surface area contributed by atoms with Crippen molar-refractivity contribution in [1.82, 2.24) is 14.5 Å². The van der Waals surface area contributed by atoms with E-state index >= 15 is 0 Å². The van der Waals surface area contributed by atoms with E-state index in [-0.39, 0.29) is 29.8 Å². The summed E-state index contributed by atoms with van der Waals surface area (Å²) in [6.45, 7) is 2.52. The number of halogens is 2. The predicted molar refractivity (Wildman–Crippen MR) is 112 cm³/mol. The van der Waals surface area contributed by atoms with Crippen molar-refractivity contribution in [1.29, 1.82) is 0 Å². The molecule has 1 aromatic carbocycles. The molecule has 30 heavy (non-hydrogen) atoms. The van der Waals surface area contributed by atoms with E-state index in [0.29, 0.717) is 31.5 Å². The first-order valence-corrected chi connectivity index (χ1v) is 12.3. The Hall–Kier alpha value is -1.74. The number of hydrogen-bond donors (Lipinski definition) is 1. The van der Waals surface area contributed by atoms with Crippen molar-refractivity contribution in [3.05, 3.63) is 35.4 Å². The van der Waals surface area contributed by atoms with Crippen LogP contribution in [0.5, 0.6) is 0 Å². The van der Waals surface area contributed by atoms with Crippen LogP contribution in [0.3, 0.4) is 0 Å². The maximum absolute atomic E-state index is 13.5. The minimum Gasteiger partial charge on any atom is -0.335 e. The zero-order chi connectivity index (χ0) is 21.9. The normalized spacial score (nSPS) is 23.9. The van der Waals surface area contributed by atoms with Crippen LogP contribution in [-0.4, -0.2) is 61.6 Å². The van der Waals surface area contributed by atoms with Crippen LogP contribution < -0.4 is 5.32 Å². The van der Waals surface area contributed by atoms with Crippen LogP contribution in [0.1, 0.15) is 56.9 Å². The Labute approximate surface area is 177 Å². The number of sulfonamides is 1. The number of rotatable bonds is 5. The average Bonchev–Trinajstić information content (AvgIpc) is 2.73. The van der Waals surface area contributed by atoms with Gasteiger partial charge in [0.1, 0.15) is 11.6 Å². The summed E-state index contributed by atoms with van der Waals surface area (Å²) in [6.07, 6.45) is 4.31. The Morgan fingerprint density at radius 1 is 1.07 bits per heavy atom. The highest BCUT2D eigenvalue weighted by atomic mass is 32.2. The largest absolute Gasteiger partial charge is 0.335 e. The number of benzene rings is 1. The van der Waals surface area contributed by atoms with Crippen LogP contribution in [0.25, 0.3) is 0 Å². The van der Waals surface area contributed by atoms with Crippen LogP contribution in [-0.2, 0) is 10.0 Å². The van der Waals surface area contributed by atoms with Crippen LogP contribution >= 0.6 is 0 Å². The summed E-state index contributed by atoms with van der Waals surface area (Å²) in [6, 6.07) is 3.58.